The van der Waals surface area contributed by atoms with Crippen LogP contribution in [0.25, 0.3) is 10.2 Å². The number of methoxy groups -OCH3 is 1. The highest BCUT2D eigenvalue weighted by atomic mass is 32.1. The molecule has 6 nitrogen and oxygen atoms in total. The first-order valence-electron chi connectivity index (χ1n) is 8.16. The van der Waals surface area contributed by atoms with Gasteiger partial charge in [-0.2, -0.15) is 10.1 Å². The van der Waals surface area contributed by atoms with E-state index in [0.29, 0.717) is 22.2 Å². The van der Waals surface area contributed by atoms with E-state index in [0.717, 1.165) is 10.2 Å². The fourth-order valence-corrected chi connectivity index (χ4v) is 3.40. The molecule has 0 fully saturated rings. The van der Waals surface area contributed by atoms with Gasteiger partial charge in [0, 0.05) is 5.56 Å². The topological polar surface area (TPSA) is 67.9 Å². The molecule has 0 aliphatic carbocycles. The molecule has 0 aliphatic heterocycles. The standard InChI is InChI=1S/C20H15N3O3S/c1-25-15-10-8-14(9-11-15)19(24)23(21-13-16-5-4-12-26-16)20-22-17-6-2-3-7-18(17)27-20/h2-13H,1H3/b21-13-. The molecule has 2 heterocycles. The molecule has 2 aromatic carbocycles. The van der Waals surface area contributed by atoms with Gasteiger partial charge >= 0.3 is 0 Å². The summed E-state index contributed by atoms with van der Waals surface area (Å²) in [6.45, 7) is 0. The molecule has 0 saturated carbocycles. The van der Waals surface area contributed by atoms with Crippen LogP contribution in [0.3, 0.4) is 0 Å². The molecule has 27 heavy (non-hydrogen) atoms. The predicted octanol–water partition coefficient (Wildman–Crippen LogP) is 4.58. The summed E-state index contributed by atoms with van der Waals surface area (Å²) < 4.78 is 11.4. The molecule has 0 atom stereocenters. The Bertz CT molecular complexity index is 1050. The van der Waals surface area contributed by atoms with Crippen molar-refractivity contribution in [2.75, 3.05) is 12.1 Å². The molecule has 0 spiro atoms. The molecular weight excluding hydrogens is 362 g/mol. The Labute approximate surface area is 159 Å². The Balaban J connectivity index is 1.73. The average molecular weight is 377 g/mol. The molecule has 134 valence electrons. The van der Waals surface area contributed by atoms with E-state index in [-0.39, 0.29) is 5.91 Å². The van der Waals surface area contributed by atoms with E-state index in [1.54, 1.807) is 49.8 Å². The van der Waals surface area contributed by atoms with Gasteiger partial charge in [-0.15, -0.1) is 0 Å². The number of rotatable bonds is 5. The molecule has 0 saturated heterocycles. The number of hydrogen-bond acceptors (Lipinski definition) is 6. The summed E-state index contributed by atoms with van der Waals surface area (Å²) in [5, 5.41) is 6.10. The van der Waals surface area contributed by atoms with E-state index >= 15 is 0 Å². The highest BCUT2D eigenvalue weighted by molar-refractivity contribution is 7.22. The Morgan fingerprint density at radius 2 is 1.96 bits per heavy atom. The highest BCUT2D eigenvalue weighted by Gasteiger charge is 2.21. The molecule has 0 N–H and O–H groups in total. The third kappa shape index (κ3) is 3.58. The van der Waals surface area contributed by atoms with Crippen LogP contribution in [0, 0.1) is 0 Å². The number of ether oxygens (including phenoxy) is 1. The SMILES string of the molecule is COc1ccc(C(=O)N(/N=C\c2ccco2)c2nc3ccccc3s2)cc1. The van der Waals surface area contributed by atoms with Crippen molar-refractivity contribution < 1.29 is 13.9 Å². The first-order chi connectivity index (χ1) is 13.2. The number of carbonyl (C=O) groups excluding carboxylic acids is 1. The maximum Gasteiger partial charge on any atom is 0.280 e. The van der Waals surface area contributed by atoms with Crippen molar-refractivity contribution in [1.82, 2.24) is 4.98 Å². The average Bonchev–Trinajstić information content (AvgIpc) is 3.37. The molecule has 0 aliphatic rings. The number of para-hydroxylation sites is 1. The van der Waals surface area contributed by atoms with Gasteiger partial charge < -0.3 is 9.15 Å². The van der Waals surface area contributed by atoms with Crippen molar-refractivity contribution in [1.29, 1.82) is 0 Å². The third-order valence-corrected chi connectivity index (χ3v) is 4.85. The number of benzene rings is 2. The van der Waals surface area contributed by atoms with E-state index in [1.807, 2.05) is 24.3 Å². The fourth-order valence-electron chi connectivity index (χ4n) is 2.47. The second kappa shape index (κ2) is 7.43. The van der Waals surface area contributed by atoms with Crippen LogP contribution in [0.15, 0.2) is 76.4 Å². The zero-order chi connectivity index (χ0) is 18.6. The Hall–Kier alpha value is -3.45. The number of hydrazone groups is 1. The molecule has 4 aromatic rings. The lowest BCUT2D eigenvalue weighted by molar-refractivity contribution is 0.0988. The number of aromatic nitrogens is 1. The van der Waals surface area contributed by atoms with Gasteiger partial charge in [-0.25, -0.2) is 4.98 Å². The predicted molar refractivity (Wildman–Crippen MR) is 106 cm³/mol. The van der Waals surface area contributed by atoms with E-state index in [2.05, 4.69) is 10.1 Å². The maximum atomic E-state index is 13.1. The van der Waals surface area contributed by atoms with Gasteiger partial charge in [-0.05, 0) is 48.5 Å². The largest absolute Gasteiger partial charge is 0.497 e. The first kappa shape index (κ1) is 17.0. The minimum Gasteiger partial charge on any atom is -0.497 e. The molecule has 7 heteroatoms. The Morgan fingerprint density at radius 3 is 2.67 bits per heavy atom. The lowest BCUT2D eigenvalue weighted by atomic mass is 10.2. The number of nitrogens with zero attached hydrogens (tertiary/aromatic N) is 3. The summed E-state index contributed by atoms with van der Waals surface area (Å²) in [5.41, 5.74) is 1.30. The van der Waals surface area contributed by atoms with Crippen LogP contribution >= 0.6 is 11.3 Å². The van der Waals surface area contributed by atoms with Gasteiger partial charge in [0.05, 0.1) is 29.8 Å². The number of thiazole rings is 1. The maximum absolute atomic E-state index is 13.1. The van der Waals surface area contributed by atoms with Gasteiger partial charge in [-0.1, -0.05) is 23.5 Å². The van der Waals surface area contributed by atoms with Crippen LogP contribution in [0.1, 0.15) is 16.1 Å². The quantitative estimate of drug-likeness (QED) is 0.377. The molecule has 0 radical (unpaired) electrons. The molecular formula is C20H15N3O3S. The van der Waals surface area contributed by atoms with Crippen LogP contribution < -0.4 is 9.75 Å². The van der Waals surface area contributed by atoms with Crippen molar-refractivity contribution in [3.8, 4) is 5.75 Å². The third-order valence-electron chi connectivity index (χ3n) is 3.84. The van der Waals surface area contributed by atoms with E-state index in [9.17, 15) is 4.79 Å². The van der Waals surface area contributed by atoms with Crippen LogP contribution in [0.4, 0.5) is 5.13 Å². The zero-order valence-corrected chi connectivity index (χ0v) is 15.2. The Kier molecular flexibility index (Phi) is 4.67. The van der Waals surface area contributed by atoms with Crippen LogP contribution in [0.5, 0.6) is 5.75 Å². The van der Waals surface area contributed by atoms with E-state index in [4.69, 9.17) is 9.15 Å². The summed E-state index contributed by atoms with van der Waals surface area (Å²) in [5.74, 6) is 0.931. The fraction of sp³-hybridized carbons (Fsp3) is 0.0500. The molecule has 0 unspecified atom stereocenters. The zero-order valence-electron chi connectivity index (χ0n) is 14.4. The summed E-state index contributed by atoms with van der Waals surface area (Å²) in [4.78, 5) is 17.6. The summed E-state index contributed by atoms with van der Waals surface area (Å²) in [7, 11) is 1.58. The Morgan fingerprint density at radius 1 is 1.15 bits per heavy atom. The second-order valence-corrected chi connectivity index (χ2v) is 6.58. The molecule has 4 rings (SSSR count). The smallest absolute Gasteiger partial charge is 0.280 e. The van der Waals surface area contributed by atoms with Crippen LogP contribution in [-0.4, -0.2) is 24.2 Å². The van der Waals surface area contributed by atoms with E-state index in [1.165, 1.54) is 22.6 Å². The van der Waals surface area contributed by atoms with Gasteiger partial charge in [0.2, 0.25) is 5.13 Å². The minimum absolute atomic E-state index is 0.292. The van der Waals surface area contributed by atoms with Crippen molar-refractivity contribution in [3.05, 3.63) is 78.3 Å². The van der Waals surface area contributed by atoms with Crippen molar-refractivity contribution in [3.63, 3.8) is 0 Å². The first-order valence-corrected chi connectivity index (χ1v) is 8.98. The molecule has 1 amide bonds. The minimum atomic E-state index is -0.292. The summed E-state index contributed by atoms with van der Waals surface area (Å²) >= 11 is 1.40. The number of amides is 1. The lowest BCUT2D eigenvalue weighted by Gasteiger charge is -2.13. The van der Waals surface area contributed by atoms with Crippen molar-refractivity contribution in [2.24, 2.45) is 5.10 Å². The van der Waals surface area contributed by atoms with Crippen LogP contribution in [0.2, 0.25) is 0 Å². The number of hydrogen-bond donors (Lipinski definition) is 0. The van der Waals surface area contributed by atoms with Crippen LogP contribution in [-0.2, 0) is 0 Å². The number of furan rings is 1. The van der Waals surface area contributed by atoms with Gasteiger partial charge in [-0.3, -0.25) is 4.79 Å². The summed E-state index contributed by atoms with van der Waals surface area (Å²) in [6, 6.07) is 18.1. The van der Waals surface area contributed by atoms with Gasteiger partial charge in [0.15, 0.2) is 0 Å². The number of anilines is 1. The monoisotopic (exact) mass is 377 g/mol. The highest BCUT2D eigenvalue weighted by Crippen LogP contribution is 2.30. The van der Waals surface area contributed by atoms with Crippen molar-refractivity contribution >= 4 is 38.8 Å². The second-order valence-electron chi connectivity index (χ2n) is 5.57. The molecule has 0 bridgehead atoms. The van der Waals surface area contributed by atoms with E-state index < -0.39 is 0 Å². The van der Waals surface area contributed by atoms with Gasteiger partial charge in [0.25, 0.3) is 5.91 Å². The normalized spacial score (nSPS) is 11.1. The number of carbonyl (C=O) groups is 1. The molecule has 2 aromatic heterocycles. The summed E-state index contributed by atoms with van der Waals surface area (Å²) in [6.07, 6.45) is 3.04. The number of fused-ring (bicyclic) bond motifs is 1. The lowest BCUT2D eigenvalue weighted by Crippen LogP contribution is -2.25. The van der Waals surface area contributed by atoms with Crippen molar-refractivity contribution in [2.45, 2.75) is 0 Å². The van der Waals surface area contributed by atoms with Gasteiger partial charge in [0.1, 0.15) is 11.5 Å².